The molecule has 0 bridgehead atoms. The average molecular weight is 338 g/mol. The summed E-state index contributed by atoms with van der Waals surface area (Å²) in [5.74, 6) is 0. The largest absolute Gasteiger partial charge is 0.285 e. The van der Waals surface area contributed by atoms with Gasteiger partial charge in [-0.3, -0.25) is 5.10 Å². The van der Waals surface area contributed by atoms with Gasteiger partial charge < -0.3 is 0 Å². The summed E-state index contributed by atoms with van der Waals surface area (Å²) >= 11 is 0. The van der Waals surface area contributed by atoms with Crippen molar-refractivity contribution in [2.24, 2.45) is 0 Å². The van der Waals surface area contributed by atoms with Crippen molar-refractivity contribution in [3.8, 4) is 11.3 Å². The van der Waals surface area contributed by atoms with Gasteiger partial charge in [-0.2, -0.15) is 22.7 Å². The van der Waals surface area contributed by atoms with Gasteiger partial charge in [0.25, 0.3) is 10.0 Å². The molecule has 0 aliphatic rings. The number of hydrogen-bond acceptors (Lipinski definition) is 4. The fraction of sp³-hybridized carbons (Fsp3) is 0.0588. The Hall–Kier alpha value is -2.93. The standard InChI is InChI=1S/C17H14N4O2S/c1-12-6-8-14(9-7-12)24(22,23)21-16-5-3-2-4-15(16)17(20-21)13-10-18-19-11-13/h2-11H,1H3,(H,18,19). The molecule has 0 spiro atoms. The minimum atomic E-state index is -3.78. The highest BCUT2D eigenvalue weighted by Crippen LogP contribution is 2.29. The van der Waals surface area contributed by atoms with Crippen molar-refractivity contribution in [2.75, 3.05) is 0 Å². The number of fused-ring (bicyclic) bond motifs is 1. The molecule has 0 aliphatic carbocycles. The summed E-state index contributed by atoms with van der Waals surface area (Å²) in [6.45, 7) is 1.91. The average Bonchev–Trinajstić information content (AvgIpc) is 3.23. The van der Waals surface area contributed by atoms with E-state index in [0.29, 0.717) is 11.2 Å². The number of aromatic nitrogens is 4. The van der Waals surface area contributed by atoms with Crippen LogP contribution in [0.3, 0.4) is 0 Å². The van der Waals surface area contributed by atoms with Crippen LogP contribution in [0.1, 0.15) is 5.56 Å². The van der Waals surface area contributed by atoms with E-state index in [9.17, 15) is 8.42 Å². The number of rotatable bonds is 3. The van der Waals surface area contributed by atoms with Crippen LogP contribution in [0.2, 0.25) is 0 Å². The molecule has 7 heteroatoms. The number of aromatic amines is 1. The van der Waals surface area contributed by atoms with Gasteiger partial charge in [-0.15, -0.1) is 0 Å². The first-order valence-electron chi connectivity index (χ1n) is 7.36. The first-order chi connectivity index (χ1) is 11.6. The van der Waals surface area contributed by atoms with E-state index in [0.717, 1.165) is 20.6 Å². The molecule has 120 valence electrons. The maximum absolute atomic E-state index is 13.0. The van der Waals surface area contributed by atoms with Gasteiger partial charge in [0.05, 0.1) is 16.6 Å². The molecule has 1 N–H and O–H groups in total. The van der Waals surface area contributed by atoms with E-state index >= 15 is 0 Å². The van der Waals surface area contributed by atoms with E-state index in [1.54, 1.807) is 48.8 Å². The monoisotopic (exact) mass is 338 g/mol. The number of para-hydroxylation sites is 1. The second-order valence-electron chi connectivity index (χ2n) is 5.51. The number of hydrogen-bond donors (Lipinski definition) is 1. The van der Waals surface area contributed by atoms with E-state index in [2.05, 4.69) is 15.3 Å². The van der Waals surface area contributed by atoms with E-state index in [4.69, 9.17) is 0 Å². The zero-order valence-electron chi connectivity index (χ0n) is 12.8. The Labute approximate surface area is 138 Å². The molecule has 0 saturated carbocycles. The van der Waals surface area contributed by atoms with Crippen LogP contribution in [-0.4, -0.2) is 27.8 Å². The molecule has 0 amide bonds. The molecule has 0 unspecified atom stereocenters. The summed E-state index contributed by atoms with van der Waals surface area (Å²) in [5.41, 5.74) is 2.85. The molecular weight excluding hydrogens is 324 g/mol. The van der Waals surface area contributed by atoms with Crippen LogP contribution < -0.4 is 0 Å². The molecule has 0 radical (unpaired) electrons. The van der Waals surface area contributed by atoms with Crippen LogP contribution in [0.15, 0.2) is 65.8 Å². The van der Waals surface area contributed by atoms with Gasteiger partial charge >= 0.3 is 0 Å². The quantitative estimate of drug-likeness (QED) is 0.623. The first kappa shape index (κ1) is 14.6. The molecule has 24 heavy (non-hydrogen) atoms. The summed E-state index contributed by atoms with van der Waals surface area (Å²) in [6.07, 6.45) is 3.31. The Balaban J connectivity index is 1.99. The van der Waals surface area contributed by atoms with Crippen LogP contribution >= 0.6 is 0 Å². The lowest BCUT2D eigenvalue weighted by Crippen LogP contribution is -2.14. The lowest BCUT2D eigenvalue weighted by atomic mass is 10.1. The first-order valence-corrected chi connectivity index (χ1v) is 8.80. The maximum atomic E-state index is 13.0. The van der Waals surface area contributed by atoms with Gasteiger partial charge in [-0.05, 0) is 25.1 Å². The number of H-pyrrole nitrogens is 1. The minimum Gasteiger partial charge on any atom is -0.285 e. The normalized spacial score (nSPS) is 11.9. The zero-order valence-corrected chi connectivity index (χ0v) is 13.7. The third kappa shape index (κ3) is 2.21. The van der Waals surface area contributed by atoms with Gasteiger partial charge in [-0.25, -0.2) is 0 Å². The van der Waals surface area contributed by atoms with Crippen molar-refractivity contribution >= 4 is 20.9 Å². The Kier molecular flexibility index (Phi) is 3.24. The van der Waals surface area contributed by atoms with Crippen LogP contribution in [0.4, 0.5) is 0 Å². The molecule has 0 atom stereocenters. The predicted molar refractivity (Wildman–Crippen MR) is 91.1 cm³/mol. The molecule has 0 aliphatic heterocycles. The molecule has 0 fully saturated rings. The highest BCUT2D eigenvalue weighted by molar-refractivity contribution is 7.90. The molecule has 4 rings (SSSR count). The second kappa shape index (κ2) is 5.31. The van der Waals surface area contributed by atoms with E-state index in [-0.39, 0.29) is 4.90 Å². The van der Waals surface area contributed by atoms with Crippen LogP contribution in [0.25, 0.3) is 22.2 Å². The van der Waals surface area contributed by atoms with Crippen LogP contribution in [0, 0.1) is 6.92 Å². The lowest BCUT2D eigenvalue weighted by Gasteiger charge is -2.06. The fourth-order valence-corrected chi connectivity index (χ4v) is 3.91. The van der Waals surface area contributed by atoms with Gasteiger partial charge in [0.2, 0.25) is 0 Å². The van der Waals surface area contributed by atoms with Crippen molar-refractivity contribution in [3.05, 3.63) is 66.5 Å². The SMILES string of the molecule is Cc1ccc(S(=O)(=O)n2nc(-c3cn[nH]c3)c3ccccc32)cc1. The van der Waals surface area contributed by atoms with E-state index in [1.807, 2.05) is 19.1 Å². The molecule has 2 heterocycles. The van der Waals surface area contributed by atoms with Crippen molar-refractivity contribution in [3.63, 3.8) is 0 Å². The van der Waals surface area contributed by atoms with E-state index < -0.39 is 10.0 Å². The molecule has 6 nitrogen and oxygen atoms in total. The lowest BCUT2D eigenvalue weighted by molar-refractivity contribution is 0.582. The van der Waals surface area contributed by atoms with Crippen molar-refractivity contribution in [2.45, 2.75) is 11.8 Å². The highest BCUT2D eigenvalue weighted by atomic mass is 32.2. The summed E-state index contributed by atoms with van der Waals surface area (Å²) in [4.78, 5) is 0.208. The summed E-state index contributed by atoms with van der Waals surface area (Å²) < 4.78 is 27.1. The van der Waals surface area contributed by atoms with Crippen LogP contribution in [-0.2, 0) is 10.0 Å². The van der Waals surface area contributed by atoms with Gasteiger partial charge in [0.1, 0.15) is 5.69 Å². The highest BCUT2D eigenvalue weighted by Gasteiger charge is 2.23. The van der Waals surface area contributed by atoms with Gasteiger partial charge in [0, 0.05) is 17.1 Å². The summed E-state index contributed by atoms with van der Waals surface area (Å²) in [6, 6.07) is 14.0. The number of nitrogens with one attached hydrogen (secondary N) is 1. The maximum Gasteiger partial charge on any atom is 0.283 e. The Morgan fingerprint density at radius 1 is 1.04 bits per heavy atom. The van der Waals surface area contributed by atoms with Crippen molar-refractivity contribution in [1.82, 2.24) is 19.4 Å². The van der Waals surface area contributed by atoms with E-state index in [1.165, 1.54) is 0 Å². The summed E-state index contributed by atoms with van der Waals surface area (Å²) in [5, 5.41) is 11.8. The number of benzene rings is 2. The summed E-state index contributed by atoms with van der Waals surface area (Å²) in [7, 11) is -3.78. The van der Waals surface area contributed by atoms with Gasteiger partial charge in [0.15, 0.2) is 0 Å². The number of aryl methyl sites for hydroxylation is 1. The Morgan fingerprint density at radius 3 is 2.50 bits per heavy atom. The molecule has 4 aromatic rings. The second-order valence-corrected chi connectivity index (χ2v) is 7.28. The Morgan fingerprint density at radius 2 is 1.79 bits per heavy atom. The molecule has 2 aromatic heterocycles. The van der Waals surface area contributed by atoms with Gasteiger partial charge in [-0.1, -0.05) is 35.9 Å². The zero-order chi connectivity index (χ0) is 16.7. The number of nitrogens with zero attached hydrogens (tertiary/aromatic N) is 3. The topological polar surface area (TPSA) is 80.6 Å². The minimum absolute atomic E-state index is 0.208. The van der Waals surface area contributed by atoms with Crippen molar-refractivity contribution < 1.29 is 8.42 Å². The fourth-order valence-electron chi connectivity index (χ4n) is 2.63. The van der Waals surface area contributed by atoms with Crippen molar-refractivity contribution in [1.29, 1.82) is 0 Å². The smallest absolute Gasteiger partial charge is 0.283 e. The van der Waals surface area contributed by atoms with Crippen LogP contribution in [0.5, 0.6) is 0 Å². The predicted octanol–water partition coefficient (Wildman–Crippen LogP) is 2.97. The molecule has 2 aromatic carbocycles. The molecule has 0 saturated heterocycles. The Bertz CT molecular complexity index is 1110. The molecular formula is C17H14N4O2S. The third-order valence-electron chi connectivity index (χ3n) is 3.87. The third-order valence-corrected chi connectivity index (χ3v) is 5.48.